The summed E-state index contributed by atoms with van der Waals surface area (Å²) in [6.45, 7) is 2.00. The molecule has 0 aliphatic heterocycles. The topological polar surface area (TPSA) is 98.2 Å². The van der Waals surface area contributed by atoms with Gasteiger partial charge in [0.2, 0.25) is 5.13 Å². The third kappa shape index (κ3) is 4.04. The summed E-state index contributed by atoms with van der Waals surface area (Å²) in [6, 6.07) is 16.2. The first kappa shape index (κ1) is 18.5. The molecule has 144 valence electrons. The number of anilines is 1. The first-order valence-corrected chi connectivity index (χ1v) is 9.59. The number of hydrazone groups is 1. The molecule has 2 aromatic carbocycles. The molecule has 4 aromatic rings. The van der Waals surface area contributed by atoms with Crippen molar-refractivity contribution in [2.45, 2.75) is 6.92 Å². The van der Waals surface area contributed by atoms with Gasteiger partial charge in [0.25, 0.3) is 5.69 Å². The summed E-state index contributed by atoms with van der Waals surface area (Å²) in [4.78, 5) is 15.0. The van der Waals surface area contributed by atoms with Crippen molar-refractivity contribution in [1.29, 1.82) is 0 Å². The smallest absolute Gasteiger partial charge is 0.258 e. The Labute approximate surface area is 170 Å². The second-order valence-electron chi connectivity index (χ2n) is 6.15. The average Bonchev–Trinajstić information content (AvgIpc) is 3.35. The van der Waals surface area contributed by atoms with E-state index >= 15 is 0 Å². The summed E-state index contributed by atoms with van der Waals surface area (Å²) in [5.41, 5.74) is 7.26. The van der Waals surface area contributed by atoms with Gasteiger partial charge in [-0.05, 0) is 19.1 Å². The second-order valence-corrected chi connectivity index (χ2v) is 7.01. The Morgan fingerprint density at radius 1 is 1.21 bits per heavy atom. The van der Waals surface area contributed by atoms with Crippen LogP contribution in [-0.4, -0.2) is 25.9 Å². The van der Waals surface area contributed by atoms with Crippen molar-refractivity contribution in [2.75, 3.05) is 5.43 Å². The summed E-state index contributed by atoms with van der Waals surface area (Å²) in [5, 5.41) is 22.0. The molecule has 0 atom stereocenters. The molecule has 0 bridgehead atoms. The van der Waals surface area contributed by atoms with E-state index in [2.05, 4.69) is 20.6 Å². The molecule has 0 radical (unpaired) electrons. The van der Waals surface area contributed by atoms with E-state index in [-0.39, 0.29) is 5.69 Å². The fourth-order valence-electron chi connectivity index (χ4n) is 2.82. The molecular formula is C20H16N6O2S. The lowest BCUT2D eigenvalue weighted by molar-refractivity contribution is -0.384. The van der Waals surface area contributed by atoms with E-state index in [0.717, 1.165) is 22.6 Å². The van der Waals surface area contributed by atoms with E-state index in [4.69, 9.17) is 0 Å². The van der Waals surface area contributed by atoms with E-state index in [1.165, 1.54) is 29.7 Å². The highest BCUT2D eigenvalue weighted by Gasteiger charge is 2.13. The summed E-state index contributed by atoms with van der Waals surface area (Å²) in [7, 11) is 0. The van der Waals surface area contributed by atoms with Crippen LogP contribution < -0.4 is 5.43 Å². The Balaban J connectivity index is 1.49. The zero-order chi connectivity index (χ0) is 20.2. The van der Waals surface area contributed by atoms with Gasteiger partial charge in [-0.25, -0.2) is 9.67 Å². The number of rotatable bonds is 6. The van der Waals surface area contributed by atoms with E-state index in [1.54, 1.807) is 18.3 Å². The minimum atomic E-state index is -0.435. The van der Waals surface area contributed by atoms with Crippen LogP contribution in [0.2, 0.25) is 0 Å². The number of non-ortho nitro benzene ring substituents is 1. The number of hydrogen-bond acceptors (Lipinski definition) is 7. The van der Waals surface area contributed by atoms with Crippen LogP contribution >= 0.6 is 11.3 Å². The quantitative estimate of drug-likeness (QED) is 0.286. The van der Waals surface area contributed by atoms with Crippen LogP contribution in [0.5, 0.6) is 0 Å². The zero-order valence-electron chi connectivity index (χ0n) is 15.4. The lowest BCUT2D eigenvalue weighted by atomic mass is 10.2. The Morgan fingerprint density at radius 3 is 2.83 bits per heavy atom. The maximum Gasteiger partial charge on any atom is 0.270 e. The molecule has 0 spiro atoms. The third-order valence-electron chi connectivity index (χ3n) is 4.25. The van der Waals surface area contributed by atoms with E-state index in [1.807, 2.05) is 47.3 Å². The summed E-state index contributed by atoms with van der Waals surface area (Å²) in [6.07, 6.45) is 3.32. The molecule has 0 aliphatic rings. The van der Waals surface area contributed by atoms with Gasteiger partial charge in [0.05, 0.1) is 34.4 Å². The highest BCUT2D eigenvalue weighted by atomic mass is 32.1. The van der Waals surface area contributed by atoms with Crippen LogP contribution in [0.3, 0.4) is 0 Å². The van der Waals surface area contributed by atoms with Gasteiger partial charge >= 0.3 is 0 Å². The van der Waals surface area contributed by atoms with Gasteiger partial charge in [0, 0.05) is 28.6 Å². The first-order chi connectivity index (χ1) is 14.1. The zero-order valence-corrected chi connectivity index (χ0v) is 16.2. The number of nitro benzene ring substituents is 1. The number of nitro groups is 1. The number of nitrogens with one attached hydrogen (secondary N) is 1. The Bertz CT molecular complexity index is 1180. The molecule has 2 aromatic heterocycles. The minimum Gasteiger partial charge on any atom is -0.258 e. The van der Waals surface area contributed by atoms with Crippen LogP contribution in [0, 0.1) is 17.0 Å². The van der Waals surface area contributed by atoms with Crippen LogP contribution in [0.4, 0.5) is 10.8 Å². The van der Waals surface area contributed by atoms with Gasteiger partial charge in [0.15, 0.2) is 0 Å². The molecular weight excluding hydrogens is 388 g/mol. The number of benzene rings is 2. The number of aromatic nitrogens is 3. The molecule has 0 fully saturated rings. The second kappa shape index (κ2) is 8.03. The summed E-state index contributed by atoms with van der Waals surface area (Å²) < 4.78 is 1.88. The lowest BCUT2D eigenvalue weighted by Crippen LogP contribution is -1.98. The van der Waals surface area contributed by atoms with Crippen LogP contribution in [0.1, 0.15) is 11.3 Å². The molecule has 4 rings (SSSR count). The Kier molecular flexibility index (Phi) is 5.12. The molecule has 1 N–H and O–H groups in total. The highest BCUT2D eigenvalue weighted by molar-refractivity contribution is 7.14. The van der Waals surface area contributed by atoms with Crippen molar-refractivity contribution in [2.24, 2.45) is 5.10 Å². The van der Waals surface area contributed by atoms with Crippen molar-refractivity contribution in [3.05, 3.63) is 87.5 Å². The fourth-order valence-corrected chi connectivity index (χ4v) is 3.48. The molecule has 2 heterocycles. The number of para-hydroxylation sites is 1. The molecule has 0 saturated carbocycles. The largest absolute Gasteiger partial charge is 0.270 e. The van der Waals surface area contributed by atoms with Crippen molar-refractivity contribution in [1.82, 2.24) is 14.8 Å². The van der Waals surface area contributed by atoms with Gasteiger partial charge in [-0.1, -0.05) is 30.3 Å². The highest BCUT2D eigenvalue weighted by Crippen LogP contribution is 2.28. The molecule has 29 heavy (non-hydrogen) atoms. The number of nitrogens with zero attached hydrogens (tertiary/aromatic N) is 5. The number of thiazole rings is 1. The predicted molar refractivity (Wildman–Crippen MR) is 114 cm³/mol. The van der Waals surface area contributed by atoms with Gasteiger partial charge < -0.3 is 0 Å². The maximum absolute atomic E-state index is 10.8. The standard InChI is InChI=1S/C20H16N6O2S/c1-14-18(12-22-25(14)16-7-3-2-4-8-16)19-13-29-20(23-19)24-21-11-15-6-5-9-17(10-15)26(27)28/h2-13H,1H3,(H,23,24)/b21-11+. The predicted octanol–water partition coefficient (Wildman–Crippen LogP) is 4.66. The fraction of sp³-hybridized carbons (Fsp3) is 0.0500. The van der Waals surface area contributed by atoms with Gasteiger partial charge in [-0.2, -0.15) is 10.2 Å². The average molecular weight is 404 g/mol. The van der Waals surface area contributed by atoms with Crippen molar-refractivity contribution >= 4 is 28.4 Å². The van der Waals surface area contributed by atoms with Crippen molar-refractivity contribution in [3.8, 4) is 16.9 Å². The molecule has 0 aliphatic carbocycles. The van der Waals surface area contributed by atoms with Crippen molar-refractivity contribution in [3.63, 3.8) is 0 Å². The van der Waals surface area contributed by atoms with Gasteiger partial charge in [0.1, 0.15) is 0 Å². The van der Waals surface area contributed by atoms with Crippen LogP contribution in [-0.2, 0) is 0 Å². The van der Waals surface area contributed by atoms with E-state index < -0.39 is 4.92 Å². The SMILES string of the molecule is Cc1c(-c2csc(N/N=C/c3cccc([N+](=O)[O-])c3)n2)cnn1-c1ccccc1. The number of hydrogen-bond donors (Lipinski definition) is 1. The monoisotopic (exact) mass is 404 g/mol. The van der Waals surface area contributed by atoms with E-state index in [0.29, 0.717) is 10.7 Å². The summed E-state index contributed by atoms with van der Waals surface area (Å²) in [5.74, 6) is 0. The molecule has 0 unspecified atom stereocenters. The molecule has 0 saturated heterocycles. The molecule has 8 nitrogen and oxygen atoms in total. The molecule has 0 amide bonds. The van der Waals surface area contributed by atoms with Crippen LogP contribution in [0.15, 0.2) is 71.3 Å². The Hall–Kier alpha value is -3.85. The maximum atomic E-state index is 10.8. The minimum absolute atomic E-state index is 0.0244. The van der Waals surface area contributed by atoms with E-state index in [9.17, 15) is 10.1 Å². The normalized spacial score (nSPS) is 11.1. The van der Waals surface area contributed by atoms with Crippen LogP contribution in [0.25, 0.3) is 16.9 Å². The lowest BCUT2D eigenvalue weighted by Gasteiger charge is -2.04. The van der Waals surface area contributed by atoms with Gasteiger partial charge in [-0.15, -0.1) is 11.3 Å². The third-order valence-corrected chi connectivity index (χ3v) is 4.99. The Morgan fingerprint density at radius 2 is 2.03 bits per heavy atom. The summed E-state index contributed by atoms with van der Waals surface area (Å²) >= 11 is 1.42. The molecule has 9 heteroatoms. The first-order valence-electron chi connectivity index (χ1n) is 8.71. The van der Waals surface area contributed by atoms with Crippen molar-refractivity contribution < 1.29 is 4.92 Å². The van der Waals surface area contributed by atoms with Gasteiger partial charge in [-0.3, -0.25) is 15.5 Å².